The number of nitrogens with zero attached hydrogens (tertiary/aromatic N) is 1. The van der Waals surface area contributed by atoms with Crippen LogP contribution in [0.3, 0.4) is 0 Å². The molecule has 0 amide bonds. The monoisotopic (exact) mass is 484 g/mol. The molecule has 0 bridgehead atoms. The van der Waals surface area contributed by atoms with E-state index in [1.165, 1.54) is 18.3 Å². The minimum Gasteiger partial charge on any atom is -0.493 e. The van der Waals surface area contributed by atoms with E-state index < -0.39 is 5.97 Å². The molecule has 3 atom stereocenters. The lowest BCUT2D eigenvalue weighted by atomic mass is 9.79. The fraction of sp³-hybridized carbons (Fsp3) is 0.400. The first-order chi connectivity index (χ1) is 16.5. The second-order valence-electron chi connectivity index (χ2n) is 8.14. The molecule has 1 aliphatic rings. The first-order valence-corrected chi connectivity index (χ1v) is 12.1. The van der Waals surface area contributed by atoms with Gasteiger partial charge in [-0.05, 0) is 62.1 Å². The minimum atomic E-state index is -0.458. The van der Waals surface area contributed by atoms with Crippen LogP contribution in [0.15, 0.2) is 41.9 Å². The van der Waals surface area contributed by atoms with Crippen LogP contribution in [0.2, 0.25) is 0 Å². The number of esters is 1. The second-order valence-corrected chi connectivity index (χ2v) is 9.03. The van der Waals surface area contributed by atoms with Crippen molar-refractivity contribution in [1.82, 2.24) is 10.5 Å². The molecule has 0 saturated heterocycles. The zero-order valence-corrected chi connectivity index (χ0v) is 20.2. The highest BCUT2D eigenvalue weighted by Gasteiger charge is 2.34. The number of aromatic nitrogens is 1. The molecule has 1 saturated carbocycles. The fourth-order valence-corrected chi connectivity index (χ4v) is 5.06. The van der Waals surface area contributed by atoms with E-state index in [0.717, 1.165) is 15.8 Å². The molecule has 1 heterocycles. The van der Waals surface area contributed by atoms with E-state index in [0.29, 0.717) is 42.9 Å². The molecule has 1 aromatic heterocycles. The Balaban J connectivity index is 1.52. The van der Waals surface area contributed by atoms with Crippen LogP contribution in [0.4, 0.5) is 0 Å². The summed E-state index contributed by atoms with van der Waals surface area (Å²) < 4.78 is 17.6. The molecule has 9 heteroatoms. The zero-order chi connectivity index (χ0) is 24.1. The number of carbonyl (C=O) groups is 2. The number of methoxy groups -OCH3 is 1. The maximum atomic E-state index is 12.7. The lowest BCUT2D eigenvalue weighted by molar-refractivity contribution is -0.148. The molecule has 3 unspecified atom stereocenters. The van der Waals surface area contributed by atoms with Gasteiger partial charge in [0.25, 0.3) is 0 Å². The molecule has 1 N–H and O–H groups in total. The van der Waals surface area contributed by atoms with Crippen molar-refractivity contribution in [3.05, 3.63) is 53.0 Å². The molecule has 34 heavy (non-hydrogen) atoms. The SMILES string of the molecule is CCOc1cc(C2CC(OC(C)=O)CCC2NOC(=O)c2ccc3ncsc3c2)ccc1OC. The number of carbonyl (C=O) groups excluding carboxylic acids is 2. The molecule has 8 nitrogen and oxygen atoms in total. The predicted octanol–water partition coefficient (Wildman–Crippen LogP) is 4.63. The van der Waals surface area contributed by atoms with Crippen LogP contribution in [0.5, 0.6) is 11.5 Å². The largest absolute Gasteiger partial charge is 0.493 e. The van der Waals surface area contributed by atoms with Gasteiger partial charge in [0.1, 0.15) is 6.10 Å². The lowest BCUT2D eigenvalue weighted by Gasteiger charge is -2.36. The van der Waals surface area contributed by atoms with Gasteiger partial charge in [0.15, 0.2) is 11.5 Å². The third-order valence-electron chi connectivity index (χ3n) is 5.92. The molecular weight excluding hydrogens is 456 g/mol. The maximum absolute atomic E-state index is 12.7. The predicted molar refractivity (Wildman–Crippen MR) is 128 cm³/mol. The number of hydrogen-bond donors (Lipinski definition) is 1. The van der Waals surface area contributed by atoms with Crippen LogP contribution in [0.1, 0.15) is 54.9 Å². The highest BCUT2D eigenvalue weighted by molar-refractivity contribution is 7.16. The van der Waals surface area contributed by atoms with Gasteiger partial charge in [0, 0.05) is 12.8 Å². The number of ether oxygens (including phenoxy) is 3. The Labute approximate surface area is 202 Å². The third kappa shape index (κ3) is 5.48. The van der Waals surface area contributed by atoms with Crippen molar-refractivity contribution < 1.29 is 28.6 Å². The van der Waals surface area contributed by atoms with Crippen molar-refractivity contribution in [2.45, 2.75) is 51.2 Å². The summed E-state index contributed by atoms with van der Waals surface area (Å²) in [4.78, 5) is 34.0. The Morgan fingerprint density at radius 3 is 2.76 bits per heavy atom. The lowest BCUT2D eigenvalue weighted by Crippen LogP contribution is -2.42. The van der Waals surface area contributed by atoms with Gasteiger partial charge in [0.2, 0.25) is 0 Å². The van der Waals surface area contributed by atoms with E-state index in [9.17, 15) is 9.59 Å². The van der Waals surface area contributed by atoms with E-state index in [1.54, 1.807) is 24.8 Å². The van der Waals surface area contributed by atoms with Crippen LogP contribution in [-0.4, -0.2) is 42.8 Å². The van der Waals surface area contributed by atoms with E-state index in [-0.39, 0.29) is 24.0 Å². The summed E-state index contributed by atoms with van der Waals surface area (Å²) in [6.07, 6.45) is 1.73. The number of nitrogens with one attached hydrogen (secondary N) is 1. The van der Waals surface area contributed by atoms with Gasteiger partial charge in [-0.2, -0.15) is 0 Å². The molecule has 0 radical (unpaired) electrons. The van der Waals surface area contributed by atoms with Gasteiger partial charge in [-0.25, -0.2) is 9.78 Å². The average Bonchev–Trinajstić information content (AvgIpc) is 3.31. The highest BCUT2D eigenvalue weighted by atomic mass is 32.1. The Hall–Kier alpha value is -3.17. The summed E-state index contributed by atoms with van der Waals surface area (Å²) in [6.45, 7) is 3.84. The average molecular weight is 485 g/mol. The third-order valence-corrected chi connectivity index (χ3v) is 6.71. The molecular formula is C25H28N2O6S. The number of rotatable bonds is 8. The maximum Gasteiger partial charge on any atom is 0.356 e. The summed E-state index contributed by atoms with van der Waals surface area (Å²) in [7, 11) is 1.60. The van der Waals surface area contributed by atoms with Crippen molar-refractivity contribution in [2.75, 3.05) is 13.7 Å². The topological polar surface area (TPSA) is 96.0 Å². The van der Waals surface area contributed by atoms with Crippen LogP contribution in [-0.2, 0) is 14.4 Å². The van der Waals surface area contributed by atoms with Gasteiger partial charge in [-0.3, -0.25) is 4.79 Å². The number of hydroxylamine groups is 1. The molecule has 2 aromatic carbocycles. The van der Waals surface area contributed by atoms with E-state index in [2.05, 4.69) is 10.5 Å². The van der Waals surface area contributed by atoms with Crippen molar-refractivity contribution in [2.24, 2.45) is 0 Å². The van der Waals surface area contributed by atoms with Crippen molar-refractivity contribution in [1.29, 1.82) is 0 Å². The summed E-state index contributed by atoms with van der Waals surface area (Å²) in [5.74, 6) is 0.462. The molecule has 0 aliphatic heterocycles. The molecule has 4 rings (SSSR count). The van der Waals surface area contributed by atoms with Gasteiger partial charge >= 0.3 is 11.9 Å². The fourth-order valence-electron chi connectivity index (χ4n) is 4.35. The van der Waals surface area contributed by atoms with Crippen LogP contribution >= 0.6 is 11.3 Å². The summed E-state index contributed by atoms with van der Waals surface area (Å²) in [5.41, 5.74) is 7.03. The molecule has 180 valence electrons. The Bertz CT molecular complexity index is 1160. The first-order valence-electron chi connectivity index (χ1n) is 11.3. The summed E-state index contributed by atoms with van der Waals surface area (Å²) in [5, 5.41) is 0. The van der Waals surface area contributed by atoms with Crippen LogP contribution in [0.25, 0.3) is 10.2 Å². The molecule has 1 fully saturated rings. The zero-order valence-electron chi connectivity index (χ0n) is 19.4. The Morgan fingerprint density at radius 1 is 1.15 bits per heavy atom. The van der Waals surface area contributed by atoms with Crippen molar-refractivity contribution in [3.63, 3.8) is 0 Å². The van der Waals surface area contributed by atoms with Gasteiger partial charge in [-0.1, -0.05) is 6.07 Å². The second kappa shape index (κ2) is 10.8. The Kier molecular flexibility index (Phi) is 7.64. The quantitative estimate of drug-likeness (QED) is 0.365. The summed E-state index contributed by atoms with van der Waals surface area (Å²) >= 11 is 1.47. The van der Waals surface area contributed by atoms with Crippen LogP contribution < -0.4 is 15.0 Å². The standard InChI is InChI=1S/C25H28N2O6S/c1-4-31-23-11-16(6-10-22(23)30-3)19-13-18(32-15(2)28)7-9-20(19)27-33-25(29)17-5-8-21-24(12-17)34-14-26-21/h5-6,8,10-12,14,18-20,27H,4,7,9,13H2,1-3H3. The van der Waals surface area contributed by atoms with Crippen molar-refractivity contribution in [3.8, 4) is 11.5 Å². The highest BCUT2D eigenvalue weighted by Crippen LogP contribution is 2.38. The number of benzene rings is 2. The van der Waals surface area contributed by atoms with Gasteiger partial charge in [0.05, 0.1) is 41.0 Å². The molecule has 3 aromatic rings. The normalized spacial score (nSPS) is 20.0. The number of thiazole rings is 1. The number of hydrogen-bond acceptors (Lipinski definition) is 9. The summed E-state index contributed by atoms with van der Waals surface area (Å²) in [6, 6.07) is 10.9. The van der Waals surface area contributed by atoms with E-state index >= 15 is 0 Å². The Morgan fingerprint density at radius 2 is 2.00 bits per heavy atom. The van der Waals surface area contributed by atoms with E-state index in [4.69, 9.17) is 19.0 Å². The number of fused-ring (bicyclic) bond motifs is 1. The first kappa shape index (κ1) is 24.0. The van der Waals surface area contributed by atoms with E-state index in [1.807, 2.05) is 31.2 Å². The smallest absolute Gasteiger partial charge is 0.356 e. The van der Waals surface area contributed by atoms with Crippen LogP contribution in [0, 0.1) is 0 Å². The molecule has 0 spiro atoms. The van der Waals surface area contributed by atoms with Crippen molar-refractivity contribution >= 4 is 33.5 Å². The van der Waals surface area contributed by atoms with Gasteiger partial charge in [-0.15, -0.1) is 16.8 Å². The molecule has 1 aliphatic carbocycles. The minimum absolute atomic E-state index is 0.0695. The van der Waals surface area contributed by atoms with Gasteiger partial charge < -0.3 is 19.0 Å².